The summed E-state index contributed by atoms with van der Waals surface area (Å²) in [6.07, 6.45) is -2.15. The second-order valence-corrected chi connectivity index (χ2v) is 28.9. The van der Waals surface area contributed by atoms with Crippen LogP contribution in [0, 0.1) is 0 Å². The molecule has 3 aliphatic heterocycles. The van der Waals surface area contributed by atoms with Gasteiger partial charge in [-0.05, 0) is 60.5 Å². The van der Waals surface area contributed by atoms with Crippen molar-refractivity contribution < 1.29 is 47.6 Å². The van der Waals surface area contributed by atoms with Gasteiger partial charge in [0.2, 0.25) is 5.95 Å². The summed E-state index contributed by atoms with van der Waals surface area (Å²) in [5, 5.41) is 35.3. The average molecular weight is 1260 g/mol. The van der Waals surface area contributed by atoms with E-state index < -0.39 is 68.7 Å². The minimum absolute atomic E-state index is 0.0430. The molecule has 0 amide bonds. The van der Waals surface area contributed by atoms with E-state index in [1.165, 1.54) is 40.5 Å². The van der Waals surface area contributed by atoms with Crippen LogP contribution in [0.2, 0.25) is 0 Å². The number of carbonyl (C=O) groups excluding carboxylic acids is 1. The number of nitrogens with zero attached hydrogens (tertiary/aromatic N) is 11. The monoisotopic (exact) mass is 1260 g/mol. The van der Waals surface area contributed by atoms with E-state index in [9.17, 15) is 24.4 Å². The number of fused-ring (bicyclic) bond motifs is 7. The fourth-order valence-corrected chi connectivity index (χ4v) is 17.1. The first-order chi connectivity index (χ1) is 42.1. The molecule has 0 aliphatic carbocycles. The molecule has 2 saturated heterocycles. The molecular formula is C56H62N16O11P2S2. The van der Waals surface area contributed by atoms with Crippen LogP contribution in [0.5, 0.6) is 11.5 Å². The highest BCUT2D eigenvalue weighted by Crippen LogP contribution is 2.60. The normalized spacial score (nSPS) is 21.1. The van der Waals surface area contributed by atoms with Gasteiger partial charge in [-0.25, -0.2) is 34.5 Å². The number of aliphatic hydroxyl groups excluding tert-OH is 2. The Hall–Kier alpha value is -7.37. The van der Waals surface area contributed by atoms with Gasteiger partial charge in [0.1, 0.15) is 54.0 Å². The number of ether oxygens (including phenoxy) is 4. The van der Waals surface area contributed by atoms with Crippen LogP contribution in [0.25, 0.3) is 44.8 Å². The zero-order chi connectivity index (χ0) is 60.5. The Balaban J connectivity index is 0.653. The van der Waals surface area contributed by atoms with Gasteiger partial charge < -0.3 is 54.6 Å². The van der Waals surface area contributed by atoms with E-state index >= 15 is 0 Å². The molecule has 0 saturated carbocycles. The summed E-state index contributed by atoms with van der Waals surface area (Å²) < 4.78 is 56.7. The fourth-order valence-electron chi connectivity index (χ4n) is 10.7. The van der Waals surface area contributed by atoms with Crippen molar-refractivity contribution in [1.29, 1.82) is 0 Å². The van der Waals surface area contributed by atoms with Crippen LogP contribution < -0.4 is 42.0 Å². The number of nitrogen functional groups attached to an aromatic ring is 2. The molecule has 5 aromatic heterocycles. The fraction of sp³-hybridized carbons (Fsp3) is 0.339. The van der Waals surface area contributed by atoms with Gasteiger partial charge >= 0.3 is 12.7 Å². The Labute approximate surface area is 506 Å². The third-order valence-corrected chi connectivity index (χ3v) is 21.9. The molecule has 2 fully saturated rings. The van der Waals surface area contributed by atoms with Crippen LogP contribution >= 0.6 is 37.0 Å². The summed E-state index contributed by atoms with van der Waals surface area (Å²) >= 11 is 2.34. The van der Waals surface area contributed by atoms with E-state index in [4.69, 9.17) is 45.0 Å². The van der Waals surface area contributed by atoms with E-state index in [0.29, 0.717) is 47.1 Å². The largest absolute Gasteiger partial charge is 0.492 e. The van der Waals surface area contributed by atoms with Crippen molar-refractivity contribution in [3.63, 3.8) is 0 Å². The van der Waals surface area contributed by atoms with Crippen molar-refractivity contribution >= 4 is 82.7 Å². The topological polar surface area (TPSA) is 361 Å². The maximum Gasteiger partial charge on any atom is 0.343 e. The number of nitrogens with one attached hydrogen (secondary N) is 2. The zero-order valence-electron chi connectivity index (χ0n) is 47.2. The Morgan fingerprint density at radius 2 is 1.63 bits per heavy atom. The number of hydrogen-bond acceptors (Lipinski definition) is 24. The smallest absolute Gasteiger partial charge is 0.343 e. The molecule has 0 spiro atoms. The van der Waals surface area contributed by atoms with Crippen molar-refractivity contribution in [2.24, 2.45) is 5.50 Å². The maximum absolute atomic E-state index is 15.0. The van der Waals surface area contributed by atoms with Gasteiger partial charge in [0.25, 0.3) is 5.56 Å². The predicted octanol–water partition coefficient (Wildman–Crippen LogP) is 6.95. The lowest BCUT2D eigenvalue weighted by Gasteiger charge is -2.29. The molecule has 31 heteroatoms. The van der Waals surface area contributed by atoms with E-state index in [2.05, 4.69) is 87.5 Å². The van der Waals surface area contributed by atoms with Crippen molar-refractivity contribution in [2.45, 2.75) is 94.2 Å². The number of anilines is 3. The molecule has 3 aliphatic rings. The van der Waals surface area contributed by atoms with Crippen LogP contribution in [0.4, 0.5) is 17.5 Å². The number of carbonyl (C=O) groups is 1. The van der Waals surface area contributed by atoms with Crippen molar-refractivity contribution in [3.05, 3.63) is 143 Å². The highest BCUT2D eigenvalue weighted by Gasteiger charge is 2.49. The lowest BCUT2D eigenvalue weighted by Crippen LogP contribution is -2.44. The third-order valence-electron chi connectivity index (χ3n) is 14.8. The van der Waals surface area contributed by atoms with Gasteiger partial charge in [-0.2, -0.15) is 4.98 Å². The number of hydrogen-bond donors (Lipinski definition) is 7. The van der Waals surface area contributed by atoms with Crippen LogP contribution in [-0.2, 0) is 41.9 Å². The lowest BCUT2D eigenvalue weighted by atomic mass is 9.95. The summed E-state index contributed by atoms with van der Waals surface area (Å²) in [4.78, 5) is 51.8. The van der Waals surface area contributed by atoms with Crippen LogP contribution in [0.15, 0.2) is 121 Å². The zero-order valence-corrected chi connectivity index (χ0v) is 50.6. The second kappa shape index (κ2) is 25.8. The lowest BCUT2D eigenvalue weighted by molar-refractivity contribution is -0.0456. The first-order valence-electron chi connectivity index (χ1n) is 27.8. The Morgan fingerprint density at radius 1 is 0.897 bits per heavy atom. The van der Waals surface area contributed by atoms with Crippen LogP contribution in [0.1, 0.15) is 61.1 Å². The Bertz CT molecular complexity index is 4050. The maximum atomic E-state index is 15.0. The number of H-pyrrole nitrogens is 1. The number of aromatic nitrogens is 11. The number of nitrogens with two attached hydrogens (primary N) is 3. The van der Waals surface area contributed by atoms with Gasteiger partial charge in [-0.3, -0.25) is 29.0 Å². The summed E-state index contributed by atoms with van der Waals surface area (Å²) in [7, 11) is -1.68. The molecule has 8 heterocycles. The van der Waals surface area contributed by atoms with E-state index in [0.717, 1.165) is 58.2 Å². The molecule has 27 nitrogen and oxygen atoms in total. The second-order valence-electron chi connectivity index (χ2n) is 20.9. The number of imidazole rings is 2. The van der Waals surface area contributed by atoms with Gasteiger partial charge in [-0.15, -0.1) is 5.10 Å². The Kier molecular flexibility index (Phi) is 17.7. The van der Waals surface area contributed by atoms with Crippen LogP contribution in [0.3, 0.4) is 0 Å². The number of aliphatic hydroxyl groups is 2. The third kappa shape index (κ3) is 12.8. The molecule has 9 atom stereocenters. The predicted molar refractivity (Wildman–Crippen MR) is 329 cm³/mol. The molecule has 454 valence electrons. The number of aromatic amines is 1. The molecule has 87 heavy (non-hydrogen) atoms. The van der Waals surface area contributed by atoms with Gasteiger partial charge in [0.05, 0.1) is 55.8 Å². The summed E-state index contributed by atoms with van der Waals surface area (Å²) in [6.45, 7) is 3.82. The Morgan fingerprint density at radius 3 is 2.41 bits per heavy atom. The highest BCUT2D eigenvalue weighted by atomic mass is 32.7. The molecule has 0 bridgehead atoms. The molecule has 1 unspecified atom stereocenters. The molecular weight excluding hydrogens is 1200 g/mol. The van der Waals surface area contributed by atoms with E-state index in [1.807, 2.05) is 48.9 Å². The molecule has 9 aromatic rings. The minimum atomic E-state index is -3.96. The van der Waals surface area contributed by atoms with Gasteiger partial charge in [0, 0.05) is 47.3 Å². The number of esters is 1. The first kappa shape index (κ1) is 59.9. The summed E-state index contributed by atoms with van der Waals surface area (Å²) in [6, 6.07) is 29.3. The number of rotatable bonds is 22. The number of benzene rings is 4. The minimum Gasteiger partial charge on any atom is -0.492 e. The molecule has 10 N–H and O–H groups in total. The molecule has 4 aromatic carbocycles. The van der Waals surface area contributed by atoms with E-state index in [-0.39, 0.29) is 47.8 Å². The molecule has 0 radical (unpaired) electrons. The first-order valence-corrected chi connectivity index (χ1v) is 33.9. The standard InChI is InChI=1S/C56H62N16O11P2S2/c1-4-69-24-34-9-5-6-10-38(34)47-43(39-11-7-8-12-40(39)69)66-68-72(47)21-22-78-35-19-15-33(16-20-35)55(76)82-36-17-13-32(14-18-36)27-86-84(59)79-26-42-44(48(74)54(83-42)71-30-63-46-51(71)64-56(58)65-52(46)75)67-85(77,87-31(2)3)80-25-37-23-41(73)53(81-37)70-29-62-45-49(57)60-28-61-50(45)70/h5-20,28-31,37,41-42,44,48,53-54,73-74H,4,21-27,59H2,1-3H3,(H,67,77)(H2,57,60,61)(H3,58,64,65,75)/t37-,41+,42+,44+,48+,53+,54+,84-,85?/m0/s1. The number of para-hydroxylation sites is 1. The SMILES string of the molecule is CCN1Cc2ccccc2-c2c(nnn2CCOc2ccc(C(=O)Oc3ccc(CS[P@@](N)OC[C@H]4O[C@@H](n5cnc6c(=O)[nH]c(N)nc65)[C@H](O)[C@@H]4NP(=O)(OC[C@@H]4C[C@@H](O)[C@H](n5cnc6c(N)ncnc65)O4)SC(C)C)cc3)cc2)-c2ccccc21. The van der Waals surface area contributed by atoms with E-state index in [1.54, 1.807) is 41.0 Å². The quantitative estimate of drug-likeness (QED) is 0.0205. The van der Waals surface area contributed by atoms with Gasteiger partial charge in [-0.1, -0.05) is 96.4 Å². The van der Waals surface area contributed by atoms with Crippen molar-refractivity contribution in [3.8, 4) is 34.0 Å². The summed E-state index contributed by atoms with van der Waals surface area (Å²) in [5.74, 6) is 0.787. The average Bonchev–Trinajstić information content (AvgIpc) is 1.79. The molecule has 12 rings (SSSR count). The van der Waals surface area contributed by atoms with Crippen molar-refractivity contribution in [2.75, 3.05) is 42.7 Å². The van der Waals surface area contributed by atoms with Crippen molar-refractivity contribution in [1.82, 2.24) is 59.1 Å². The van der Waals surface area contributed by atoms with Gasteiger partial charge in [0.15, 0.2) is 42.6 Å². The van der Waals surface area contributed by atoms with Crippen LogP contribution in [-0.4, -0.2) is 132 Å². The summed E-state index contributed by atoms with van der Waals surface area (Å²) in [5.41, 5.74) is 26.0. The highest BCUT2D eigenvalue weighted by molar-refractivity contribution is 8.56.